The molecule has 1 heterocycles. The van der Waals surface area contributed by atoms with Crippen LogP contribution in [0, 0.1) is 5.92 Å². The third kappa shape index (κ3) is 6.45. The zero-order chi connectivity index (χ0) is 25.5. The molecule has 2 rings (SSSR count). The summed E-state index contributed by atoms with van der Waals surface area (Å²) < 4.78 is 41.9. The van der Waals surface area contributed by atoms with Crippen molar-refractivity contribution in [2.45, 2.75) is 45.2 Å². The van der Waals surface area contributed by atoms with Crippen LogP contribution < -0.4 is 5.32 Å². The number of benzene rings is 1. The Kier molecular flexibility index (Phi) is 9.39. The van der Waals surface area contributed by atoms with Gasteiger partial charge in [0, 0.05) is 18.7 Å². The van der Waals surface area contributed by atoms with Crippen LogP contribution in [0.15, 0.2) is 45.7 Å². The monoisotopic (exact) mass is 494 g/mol. The van der Waals surface area contributed by atoms with Crippen LogP contribution in [-0.4, -0.2) is 56.8 Å². The van der Waals surface area contributed by atoms with Gasteiger partial charge in [0.15, 0.2) is 0 Å². The lowest BCUT2D eigenvalue weighted by Crippen LogP contribution is -2.45. The van der Waals surface area contributed by atoms with Gasteiger partial charge in [0.2, 0.25) is 15.8 Å². The average molecular weight is 495 g/mol. The van der Waals surface area contributed by atoms with Gasteiger partial charge < -0.3 is 19.2 Å². The van der Waals surface area contributed by atoms with Crippen molar-refractivity contribution in [3.05, 3.63) is 53.5 Å². The number of nitrogens with one attached hydrogen (secondary N) is 1. The van der Waals surface area contributed by atoms with Gasteiger partial charge in [0.05, 0.1) is 12.0 Å². The highest BCUT2D eigenvalue weighted by atomic mass is 32.2. The van der Waals surface area contributed by atoms with Crippen LogP contribution in [0.25, 0.3) is 0 Å². The molecule has 11 heteroatoms. The number of hydrogen-bond acceptors (Lipinski definition) is 8. The Bertz CT molecular complexity index is 1120. The average Bonchev–Trinajstić information content (AvgIpc) is 3.30. The summed E-state index contributed by atoms with van der Waals surface area (Å²) in [5, 5.41) is 2.61. The van der Waals surface area contributed by atoms with Gasteiger partial charge in [-0.3, -0.25) is 4.79 Å². The second kappa shape index (κ2) is 11.8. The minimum Gasteiger partial charge on any atom is -0.463 e. The van der Waals surface area contributed by atoms with E-state index >= 15 is 0 Å². The van der Waals surface area contributed by atoms with E-state index in [1.165, 1.54) is 47.8 Å². The van der Waals surface area contributed by atoms with E-state index in [1.54, 1.807) is 27.7 Å². The molecule has 2 aromatic rings. The zero-order valence-corrected chi connectivity index (χ0v) is 20.7. The fourth-order valence-electron chi connectivity index (χ4n) is 3.13. The molecule has 186 valence electrons. The minimum atomic E-state index is -3.75. The standard InChI is InChI=1S/C23H30N2O8S/c1-6-25(7-2)34(29,30)18-10-8-9-16(13-18)21(26)24-20(15(3)4)23(28)32-14-17-11-12-19(33-17)22(27)31-5/h8-13,15,20H,6-7,14H2,1-5H3,(H,24,26). The third-order valence-corrected chi connectivity index (χ3v) is 7.10. The van der Waals surface area contributed by atoms with Crippen molar-refractivity contribution in [2.75, 3.05) is 20.2 Å². The second-order valence-electron chi connectivity index (χ2n) is 7.68. The van der Waals surface area contributed by atoms with Crippen LogP contribution in [0.3, 0.4) is 0 Å². The SMILES string of the molecule is CCN(CC)S(=O)(=O)c1cccc(C(=O)NC(C(=O)OCc2ccc(C(=O)OC)o2)C(C)C)c1. The Hall–Kier alpha value is -3.18. The zero-order valence-electron chi connectivity index (χ0n) is 19.9. The normalized spacial score (nSPS) is 12.4. The number of sulfonamides is 1. The summed E-state index contributed by atoms with van der Waals surface area (Å²) in [7, 11) is -2.53. The first kappa shape index (κ1) is 27.1. The van der Waals surface area contributed by atoms with Crippen LogP contribution in [-0.2, 0) is 30.9 Å². The summed E-state index contributed by atoms with van der Waals surface area (Å²) >= 11 is 0. The molecule has 0 spiro atoms. The summed E-state index contributed by atoms with van der Waals surface area (Å²) in [5.41, 5.74) is 0.0976. The molecule has 1 aromatic carbocycles. The number of ether oxygens (including phenoxy) is 2. The van der Waals surface area contributed by atoms with Gasteiger partial charge in [-0.1, -0.05) is 33.8 Å². The molecule has 0 aliphatic heterocycles. The molecule has 0 saturated heterocycles. The first-order valence-corrected chi connectivity index (χ1v) is 12.2. The van der Waals surface area contributed by atoms with Gasteiger partial charge in [0.25, 0.3) is 5.91 Å². The van der Waals surface area contributed by atoms with Crippen molar-refractivity contribution in [3.8, 4) is 0 Å². The number of carbonyl (C=O) groups is 3. The van der Waals surface area contributed by atoms with Gasteiger partial charge in [-0.25, -0.2) is 18.0 Å². The minimum absolute atomic E-state index is 0.00764. The number of carbonyl (C=O) groups excluding carboxylic acids is 3. The van der Waals surface area contributed by atoms with Crippen molar-refractivity contribution in [1.29, 1.82) is 0 Å². The smallest absolute Gasteiger partial charge is 0.373 e. The summed E-state index contributed by atoms with van der Waals surface area (Å²) in [5.74, 6) is -2.08. The van der Waals surface area contributed by atoms with E-state index in [2.05, 4.69) is 10.1 Å². The quantitative estimate of drug-likeness (QED) is 0.472. The van der Waals surface area contributed by atoms with Crippen LogP contribution in [0.2, 0.25) is 0 Å². The van der Waals surface area contributed by atoms with E-state index < -0.39 is 33.9 Å². The van der Waals surface area contributed by atoms with Gasteiger partial charge in [-0.05, 0) is 36.2 Å². The Morgan fingerprint density at radius 1 is 1.09 bits per heavy atom. The maximum atomic E-state index is 12.8. The van der Waals surface area contributed by atoms with E-state index in [0.717, 1.165) is 0 Å². The highest BCUT2D eigenvalue weighted by Gasteiger charge is 2.28. The first-order chi connectivity index (χ1) is 16.0. The van der Waals surface area contributed by atoms with Crippen molar-refractivity contribution in [3.63, 3.8) is 0 Å². The molecule has 0 aliphatic carbocycles. The van der Waals surface area contributed by atoms with Gasteiger partial charge in [-0.15, -0.1) is 0 Å². The predicted molar refractivity (Wildman–Crippen MR) is 122 cm³/mol. The van der Waals surface area contributed by atoms with Crippen molar-refractivity contribution in [2.24, 2.45) is 5.92 Å². The van der Waals surface area contributed by atoms with Crippen molar-refractivity contribution in [1.82, 2.24) is 9.62 Å². The maximum Gasteiger partial charge on any atom is 0.373 e. The molecule has 1 amide bonds. The van der Waals surface area contributed by atoms with E-state index in [1.807, 2.05) is 0 Å². The highest BCUT2D eigenvalue weighted by molar-refractivity contribution is 7.89. The number of furan rings is 1. The Morgan fingerprint density at radius 3 is 2.35 bits per heavy atom. The fourth-order valence-corrected chi connectivity index (χ4v) is 4.63. The highest BCUT2D eigenvalue weighted by Crippen LogP contribution is 2.18. The summed E-state index contributed by atoms with van der Waals surface area (Å²) in [6, 6.07) is 7.53. The first-order valence-electron chi connectivity index (χ1n) is 10.8. The molecule has 1 unspecified atom stereocenters. The van der Waals surface area contributed by atoms with E-state index in [9.17, 15) is 22.8 Å². The molecule has 10 nitrogen and oxygen atoms in total. The van der Waals surface area contributed by atoms with Gasteiger partial charge in [0.1, 0.15) is 18.4 Å². The molecule has 1 N–H and O–H groups in total. The number of amides is 1. The molecule has 1 aromatic heterocycles. The summed E-state index contributed by atoms with van der Waals surface area (Å²) in [6.07, 6.45) is 0. The van der Waals surface area contributed by atoms with Crippen molar-refractivity contribution < 1.29 is 36.7 Å². The molecular weight excluding hydrogens is 464 g/mol. The lowest BCUT2D eigenvalue weighted by molar-refractivity contribution is -0.149. The molecule has 0 aliphatic rings. The summed E-state index contributed by atoms with van der Waals surface area (Å²) in [4.78, 5) is 36.9. The van der Waals surface area contributed by atoms with E-state index in [-0.39, 0.29) is 34.5 Å². The number of esters is 2. The lowest BCUT2D eigenvalue weighted by atomic mass is 10.0. The Morgan fingerprint density at radius 2 is 1.76 bits per heavy atom. The molecule has 1 atom stereocenters. The van der Waals surface area contributed by atoms with E-state index in [4.69, 9.17) is 9.15 Å². The largest absolute Gasteiger partial charge is 0.463 e. The van der Waals surface area contributed by atoms with Gasteiger partial charge in [-0.2, -0.15) is 4.31 Å². The molecular formula is C23H30N2O8S. The Labute approximate surface area is 199 Å². The van der Waals surface area contributed by atoms with Crippen LogP contribution in [0.5, 0.6) is 0 Å². The molecule has 34 heavy (non-hydrogen) atoms. The fraction of sp³-hybridized carbons (Fsp3) is 0.435. The number of hydrogen-bond donors (Lipinski definition) is 1. The van der Waals surface area contributed by atoms with Gasteiger partial charge >= 0.3 is 11.9 Å². The third-order valence-electron chi connectivity index (χ3n) is 5.05. The molecule has 0 radical (unpaired) electrons. The number of nitrogens with zero attached hydrogens (tertiary/aromatic N) is 1. The molecule has 0 fully saturated rings. The number of methoxy groups -OCH3 is 1. The molecule has 0 bridgehead atoms. The predicted octanol–water partition coefficient (Wildman–Crippen LogP) is 2.59. The Balaban J connectivity index is 2.12. The van der Waals surface area contributed by atoms with Crippen LogP contribution in [0.1, 0.15) is 54.4 Å². The summed E-state index contributed by atoms with van der Waals surface area (Å²) in [6.45, 7) is 7.28. The topological polar surface area (TPSA) is 132 Å². The second-order valence-corrected chi connectivity index (χ2v) is 9.62. The van der Waals surface area contributed by atoms with Crippen molar-refractivity contribution >= 4 is 27.9 Å². The lowest BCUT2D eigenvalue weighted by Gasteiger charge is -2.21. The molecule has 0 saturated carbocycles. The maximum absolute atomic E-state index is 12.8. The van der Waals surface area contributed by atoms with E-state index in [0.29, 0.717) is 13.1 Å². The van der Waals surface area contributed by atoms with Crippen LogP contribution in [0.4, 0.5) is 0 Å². The number of rotatable bonds is 11. The van der Waals surface area contributed by atoms with Crippen LogP contribution >= 0.6 is 0 Å².